The Morgan fingerprint density at radius 2 is 2.36 bits per heavy atom. The number of carbonyl (C=O) groups is 1. The Balaban J connectivity index is 1.67. The van der Waals surface area contributed by atoms with Crippen LogP contribution in [0.1, 0.15) is 37.8 Å². The van der Waals surface area contributed by atoms with Crippen LogP contribution >= 0.6 is 15.9 Å². The molecule has 0 unspecified atom stereocenters. The Hall–Kier alpha value is -1.48. The second kappa shape index (κ2) is 8.49. The van der Waals surface area contributed by atoms with Crippen LogP contribution < -0.4 is 11.1 Å². The normalized spacial score (nSPS) is 21.0. The number of nitrogens with zero attached hydrogens (tertiary/aromatic N) is 3. The number of amides is 1. The number of ether oxygens (including phenoxy) is 1. The highest BCUT2D eigenvalue weighted by Crippen LogP contribution is 2.38. The van der Waals surface area contributed by atoms with Crippen molar-refractivity contribution < 1.29 is 9.53 Å². The average Bonchev–Trinajstić information content (AvgIpc) is 3.48. The molecule has 3 N–H and O–H groups in total. The minimum atomic E-state index is -0.399. The van der Waals surface area contributed by atoms with E-state index in [0.717, 1.165) is 53.4 Å². The highest BCUT2D eigenvalue weighted by Gasteiger charge is 2.40. The Labute approximate surface area is 173 Å². The maximum absolute atomic E-state index is 13.3. The lowest BCUT2D eigenvalue weighted by Gasteiger charge is -2.34. The van der Waals surface area contributed by atoms with Crippen molar-refractivity contribution in [1.29, 1.82) is 0 Å². The summed E-state index contributed by atoms with van der Waals surface area (Å²) in [4.78, 5) is 20.0. The highest BCUT2D eigenvalue weighted by molar-refractivity contribution is 9.10. The van der Waals surface area contributed by atoms with E-state index in [9.17, 15) is 4.79 Å². The van der Waals surface area contributed by atoms with Crippen molar-refractivity contribution in [1.82, 2.24) is 19.8 Å². The summed E-state index contributed by atoms with van der Waals surface area (Å²) in [6.45, 7) is 5.56. The molecule has 2 aromatic heterocycles. The first-order chi connectivity index (χ1) is 13.6. The van der Waals surface area contributed by atoms with Crippen LogP contribution in [0.2, 0.25) is 0 Å². The van der Waals surface area contributed by atoms with E-state index in [-0.39, 0.29) is 11.9 Å². The van der Waals surface area contributed by atoms with Gasteiger partial charge in [-0.15, -0.1) is 0 Å². The molecular formula is C20H28BrN5O2. The zero-order chi connectivity index (χ0) is 19.7. The summed E-state index contributed by atoms with van der Waals surface area (Å²) in [6.07, 6.45) is 6.58. The summed E-state index contributed by atoms with van der Waals surface area (Å²) < 4.78 is 8.91. The van der Waals surface area contributed by atoms with Gasteiger partial charge in [0.2, 0.25) is 0 Å². The van der Waals surface area contributed by atoms with E-state index in [1.807, 2.05) is 11.1 Å². The van der Waals surface area contributed by atoms with Crippen molar-refractivity contribution in [2.24, 2.45) is 5.73 Å². The van der Waals surface area contributed by atoms with E-state index < -0.39 is 6.10 Å². The van der Waals surface area contributed by atoms with Gasteiger partial charge >= 0.3 is 0 Å². The van der Waals surface area contributed by atoms with Crippen molar-refractivity contribution >= 4 is 32.9 Å². The average molecular weight is 450 g/mol. The second-order valence-corrected chi connectivity index (χ2v) is 8.57. The standard InChI is InChI=1S/C20H28BrN5O2/c1-13(26(15-3-4-15)20(27)18-11-23-6-8-28-18)16-12-25(7-2-5-22)17-9-14(21)10-24-19(16)17/h9-10,12-13,15,18,23H,2-8,11,22H2,1H3/t13-,18-/m1/s1. The van der Waals surface area contributed by atoms with Gasteiger partial charge in [-0.05, 0) is 54.7 Å². The summed E-state index contributed by atoms with van der Waals surface area (Å²) in [5.41, 5.74) is 8.84. The van der Waals surface area contributed by atoms with Crippen LogP contribution in [0.25, 0.3) is 11.0 Å². The number of nitrogens with two attached hydrogens (primary N) is 1. The smallest absolute Gasteiger partial charge is 0.253 e. The van der Waals surface area contributed by atoms with Crippen molar-refractivity contribution in [3.63, 3.8) is 0 Å². The first-order valence-electron chi connectivity index (χ1n) is 10.1. The van der Waals surface area contributed by atoms with Gasteiger partial charge in [0.25, 0.3) is 5.91 Å². The van der Waals surface area contributed by atoms with Crippen molar-refractivity contribution in [3.05, 3.63) is 28.5 Å². The molecule has 152 valence electrons. The Bertz CT molecular complexity index is 844. The van der Waals surface area contributed by atoms with Gasteiger partial charge in [-0.2, -0.15) is 0 Å². The molecule has 28 heavy (non-hydrogen) atoms. The molecule has 4 rings (SSSR count). The van der Waals surface area contributed by atoms with E-state index >= 15 is 0 Å². The fourth-order valence-electron chi connectivity index (χ4n) is 4.00. The topological polar surface area (TPSA) is 85.4 Å². The quantitative estimate of drug-likeness (QED) is 0.676. The van der Waals surface area contributed by atoms with E-state index in [0.29, 0.717) is 25.7 Å². The molecule has 2 fully saturated rings. The second-order valence-electron chi connectivity index (χ2n) is 7.66. The lowest BCUT2D eigenvalue weighted by molar-refractivity contribution is -0.148. The van der Waals surface area contributed by atoms with Crippen molar-refractivity contribution in [2.45, 2.75) is 50.9 Å². The molecule has 2 atom stereocenters. The monoisotopic (exact) mass is 449 g/mol. The van der Waals surface area contributed by atoms with Gasteiger partial charge in [-0.1, -0.05) is 0 Å². The number of morpholine rings is 1. The molecule has 1 aliphatic heterocycles. The van der Waals surface area contributed by atoms with Gasteiger partial charge in [0, 0.05) is 48.1 Å². The van der Waals surface area contributed by atoms with Gasteiger partial charge < -0.3 is 25.3 Å². The van der Waals surface area contributed by atoms with Gasteiger partial charge in [0.15, 0.2) is 0 Å². The van der Waals surface area contributed by atoms with Crippen LogP contribution in [0.15, 0.2) is 22.9 Å². The molecular weight excluding hydrogens is 422 g/mol. The Morgan fingerprint density at radius 3 is 3.04 bits per heavy atom. The number of hydrogen-bond acceptors (Lipinski definition) is 5. The molecule has 1 saturated carbocycles. The summed E-state index contributed by atoms with van der Waals surface area (Å²) >= 11 is 3.53. The number of carbonyl (C=O) groups excluding carboxylic acids is 1. The number of aromatic nitrogens is 2. The highest BCUT2D eigenvalue weighted by atomic mass is 79.9. The largest absolute Gasteiger partial charge is 0.366 e. The number of halogens is 1. The zero-order valence-electron chi connectivity index (χ0n) is 16.2. The van der Waals surface area contributed by atoms with Crippen LogP contribution in [0.4, 0.5) is 0 Å². The van der Waals surface area contributed by atoms with E-state index in [4.69, 9.17) is 10.5 Å². The maximum Gasteiger partial charge on any atom is 0.253 e. The molecule has 0 radical (unpaired) electrons. The third-order valence-electron chi connectivity index (χ3n) is 5.58. The first-order valence-corrected chi connectivity index (χ1v) is 10.9. The number of rotatable bonds is 7. The summed E-state index contributed by atoms with van der Waals surface area (Å²) in [6, 6.07) is 2.33. The van der Waals surface area contributed by atoms with Crippen molar-refractivity contribution in [2.75, 3.05) is 26.2 Å². The van der Waals surface area contributed by atoms with Crippen LogP contribution in [0, 0.1) is 0 Å². The molecule has 7 nitrogen and oxygen atoms in total. The fraction of sp³-hybridized carbons (Fsp3) is 0.600. The molecule has 3 heterocycles. The minimum absolute atomic E-state index is 0.0548. The Kier molecular flexibility index (Phi) is 6.01. The van der Waals surface area contributed by atoms with E-state index in [1.54, 1.807) is 0 Å². The van der Waals surface area contributed by atoms with Gasteiger partial charge in [-0.25, -0.2) is 0 Å². The van der Waals surface area contributed by atoms with E-state index in [2.05, 4.69) is 50.0 Å². The lowest BCUT2D eigenvalue weighted by Crippen LogP contribution is -2.50. The van der Waals surface area contributed by atoms with Crippen LogP contribution in [0.3, 0.4) is 0 Å². The number of hydrogen-bond donors (Lipinski definition) is 2. The van der Waals surface area contributed by atoms with E-state index in [1.165, 1.54) is 0 Å². The Morgan fingerprint density at radius 1 is 1.54 bits per heavy atom. The minimum Gasteiger partial charge on any atom is -0.366 e. The predicted octanol–water partition coefficient (Wildman–Crippen LogP) is 2.19. The molecule has 2 aromatic rings. The number of nitrogens with one attached hydrogen (secondary N) is 1. The molecule has 8 heteroatoms. The maximum atomic E-state index is 13.3. The van der Waals surface area contributed by atoms with Gasteiger partial charge in [0.05, 0.1) is 23.7 Å². The molecule has 2 aliphatic rings. The summed E-state index contributed by atoms with van der Waals surface area (Å²) in [5.74, 6) is 0.0853. The first kappa shape index (κ1) is 19.8. The third kappa shape index (κ3) is 3.96. The number of pyridine rings is 1. The lowest BCUT2D eigenvalue weighted by atomic mass is 10.1. The van der Waals surface area contributed by atoms with Crippen molar-refractivity contribution in [3.8, 4) is 0 Å². The van der Waals surface area contributed by atoms with Gasteiger partial charge in [-0.3, -0.25) is 9.78 Å². The molecule has 1 amide bonds. The molecule has 1 aliphatic carbocycles. The van der Waals surface area contributed by atoms with Gasteiger partial charge in [0.1, 0.15) is 6.10 Å². The molecule has 0 aromatic carbocycles. The van der Waals surface area contributed by atoms with Crippen LogP contribution in [-0.4, -0.2) is 58.7 Å². The fourth-order valence-corrected chi connectivity index (χ4v) is 4.32. The van der Waals surface area contributed by atoms with Crippen LogP contribution in [-0.2, 0) is 16.1 Å². The SMILES string of the molecule is C[C@H](c1cn(CCCN)c2cc(Br)cnc12)N(C(=O)[C@H]1CNCCO1)C1CC1. The third-order valence-corrected chi connectivity index (χ3v) is 6.01. The molecule has 0 bridgehead atoms. The summed E-state index contributed by atoms with van der Waals surface area (Å²) in [5, 5.41) is 3.27. The number of fused-ring (bicyclic) bond motifs is 1. The number of aryl methyl sites for hydroxylation is 1. The molecule has 1 saturated heterocycles. The predicted molar refractivity (Wildman–Crippen MR) is 112 cm³/mol. The summed E-state index contributed by atoms with van der Waals surface area (Å²) in [7, 11) is 0. The van der Waals surface area contributed by atoms with Crippen LogP contribution in [0.5, 0.6) is 0 Å². The zero-order valence-corrected chi connectivity index (χ0v) is 17.8. The molecule has 0 spiro atoms.